The Bertz CT molecular complexity index is 1300. The van der Waals surface area contributed by atoms with Crippen molar-refractivity contribution in [3.05, 3.63) is 108 Å². The molecular weight excluding hydrogens is 386 g/mol. The highest BCUT2D eigenvalue weighted by Crippen LogP contribution is 2.40. The van der Waals surface area contributed by atoms with Crippen LogP contribution in [-0.2, 0) is 11.3 Å². The first-order valence-electron chi connectivity index (χ1n) is 10.1. The van der Waals surface area contributed by atoms with Gasteiger partial charge in [-0.05, 0) is 46.2 Å². The normalized spacial score (nSPS) is 15.4. The summed E-state index contributed by atoms with van der Waals surface area (Å²) in [5.41, 5.74) is 9.26. The molecule has 0 unspecified atom stereocenters. The number of benzene rings is 4. The van der Waals surface area contributed by atoms with Crippen LogP contribution < -0.4 is 16.0 Å². The average molecular weight is 407 g/mol. The molecule has 3 N–H and O–H groups in total. The van der Waals surface area contributed by atoms with Crippen LogP contribution in [0.25, 0.3) is 10.8 Å². The van der Waals surface area contributed by atoms with Crippen molar-refractivity contribution in [2.45, 2.75) is 12.6 Å². The number of anilines is 2. The molecule has 0 aromatic heterocycles. The number of hydrogen-bond donors (Lipinski definition) is 2. The SMILES string of the molecule is NC(=O)c1ccc2c(c1)NC(=O)[C@H](c1ccccc1)N2Cc1ccc2ccccc2c1. The summed E-state index contributed by atoms with van der Waals surface area (Å²) < 4.78 is 0. The Labute approximate surface area is 180 Å². The highest BCUT2D eigenvalue weighted by atomic mass is 16.2. The third-order valence-electron chi connectivity index (χ3n) is 5.69. The van der Waals surface area contributed by atoms with Gasteiger partial charge in [-0.25, -0.2) is 0 Å². The molecule has 0 spiro atoms. The van der Waals surface area contributed by atoms with Gasteiger partial charge in [-0.15, -0.1) is 0 Å². The predicted molar refractivity (Wildman–Crippen MR) is 123 cm³/mol. The number of fused-ring (bicyclic) bond motifs is 2. The molecule has 0 fully saturated rings. The first kappa shape index (κ1) is 18.9. The maximum atomic E-state index is 13.2. The fourth-order valence-electron chi connectivity index (χ4n) is 4.20. The number of nitrogens with zero attached hydrogens (tertiary/aromatic N) is 1. The lowest BCUT2D eigenvalue weighted by molar-refractivity contribution is -0.117. The number of amides is 2. The van der Waals surface area contributed by atoms with Crippen LogP contribution in [0, 0.1) is 0 Å². The van der Waals surface area contributed by atoms with Crippen molar-refractivity contribution in [1.29, 1.82) is 0 Å². The van der Waals surface area contributed by atoms with Crippen LogP contribution in [0.2, 0.25) is 0 Å². The second-order valence-corrected chi connectivity index (χ2v) is 7.71. The van der Waals surface area contributed by atoms with Gasteiger partial charge in [-0.1, -0.05) is 66.7 Å². The maximum absolute atomic E-state index is 13.2. The lowest BCUT2D eigenvalue weighted by atomic mass is 9.98. The molecule has 5 rings (SSSR count). The molecule has 2 amide bonds. The van der Waals surface area contributed by atoms with Crippen molar-refractivity contribution in [2.24, 2.45) is 5.73 Å². The number of carbonyl (C=O) groups is 2. The van der Waals surface area contributed by atoms with Gasteiger partial charge >= 0.3 is 0 Å². The lowest BCUT2D eigenvalue weighted by Gasteiger charge is -2.38. The van der Waals surface area contributed by atoms with Crippen molar-refractivity contribution in [1.82, 2.24) is 0 Å². The number of rotatable bonds is 4. The molecule has 1 aliphatic rings. The maximum Gasteiger partial charge on any atom is 0.251 e. The third-order valence-corrected chi connectivity index (χ3v) is 5.69. The van der Waals surface area contributed by atoms with Gasteiger partial charge in [0, 0.05) is 12.1 Å². The van der Waals surface area contributed by atoms with Crippen LogP contribution in [0.4, 0.5) is 11.4 Å². The van der Waals surface area contributed by atoms with Crippen LogP contribution >= 0.6 is 0 Å². The van der Waals surface area contributed by atoms with Gasteiger partial charge in [0.25, 0.3) is 5.91 Å². The molecule has 5 heteroatoms. The highest BCUT2D eigenvalue weighted by Gasteiger charge is 2.34. The molecule has 0 saturated carbocycles. The minimum absolute atomic E-state index is 0.138. The smallest absolute Gasteiger partial charge is 0.251 e. The van der Waals surface area contributed by atoms with E-state index in [1.54, 1.807) is 12.1 Å². The molecule has 1 heterocycles. The van der Waals surface area contributed by atoms with Crippen LogP contribution in [0.1, 0.15) is 27.5 Å². The zero-order valence-corrected chi connectivity index (χ0v) is 16.8. The zero-order valence-electron chi connectivity index (χ0n) is 16.8. The Morgan fingerprint density at radius 3 is 2.39 bits per heavy atom. The van der Waals surface area contributed by atoms with Gasteiger partial charge in [0.05, 0.1) is 11.4 Å². The minimum atomic E-state index is -0.525. The molecule has 0 radical (unpaired) electrons. The van der Waals surface area contributed by atoms with Crippen LogP contribution in [0.15, 0.2) is 91.0 Å². The summed E-state index contributed by atoms with van der Waals surface area (Å²) in [5, 5.41) is 5.29. The molecule has 5 nitrogen and oxygen atoms in total. The third kappa shape index (κ3) is 3.51. The molecule has 31 heavy (non-hydrogen) atoms. The van der Waals surface area contributed by atoms with Crippen molar-refractivity contribution < 1.29 is 9.59 Å². The van der Waals surface area contributed by atoms with E-state index in [9.17, 15) is 9.59 Å². The fraction of sp³-hybridized carbons (Fsp3) is 0.0769. The van der Waals surface area contributed by atoms with Crippen molar-refractivity contribution in [3.63, 3.8) is 0 Å². The monoisotopic (exact) mass is 407 g/mol. The van der Waals surface area contributed by atoms with Crippen molar-refractivity contribution in [3.8, 4) is 0 Å². The van der Waals surface area contributed by atoms with E-state index in [0.29, 0.717) is 17.8 Å². The van der Waals surface area contributed by atoms with Crippen LogP contribution in [0.5, 0.6) is 0 Å². The predicted octanol–water partition coefficient (Wildman–Crippen LogP) is 4.64. The molecule has 1 aliphatic heterocycles. The van der Waals surface area contributed by atoms with E-state index < -0.39 is 11.9 Å². The fourth-order valence-corrected chi connectivity index (χ4v) is 4.20. The summed E-state index contributed by atoms with van der Waals surface area (Å²) in [5.74, 6) is -0.663. The second kappa shape index (κ2) is 7.61. The summed E-state index contributed by atoms with van der Waals surface area (Å²) in [4.78, 5) is 26.9. The molecule has 0 saturated heterocycles. The molecule has 4 aromatic rings. The molecule has 1 atom stereocenters. The summed E-state index contributed by atoms with van der Waals surface area (Å²) in [6.07, 6.45) is 0. The number of carbonyl (C=O) groups excluding carboxylic acids is 2. The first-order valence-corrected chi connectivity index (χ1v) is 10.1. The van der Waals surface area contributed by atoms with E-state index in [-0.39, 0.29) is 5.91 Å². The summed E-state index contributed by atoms with van der Waals surface area (Å²) in [6, 6.07) is 29.0. The standard InChI is InChI=1S/C26H21N3O2/c27-25(30)21-12-13-23-22(15-21)28-26(31)24(19-7-2-1-3-8-19)29(23)16-17-10-11-18-6-4-5-9-20(18)14-17/h1-15,24H,16H2,(H2,27,30)(H,28,31)/t24-/m0/s1. The lowest BCUT2D eigenvalue weighted by Crippen LogP contribution is -2.41. The number of hydrogen-bond acceptors (Lipinski definition) is 3. The number of primary amides is 1. The Morgan fingerprint density at radius 2 is 1.61 bits per heavy atom. The Hall–Kier alpha value is -4.12. The van der Waals surface area contributed by atoms with Crippen molar-refractivity contribution in [2.75, 3.05) is 10.2 Å². The molecule has 152 valence electrons. The topological polar surface area (TPSA) is 75.4 Å². The summed E-state index contributed by atoms with van der Waals surface area (Å²) >= 11 is 0. The van der Waals surface area contributed by atoms with E-state index in [1.165, 1.54) is 5.39 Å². The quantitative estimate of drug-likeness (QED) is 0.518. The molecule has 4 aromatic carbocycles. The highest BCUT2D eigenvalue weighted by molar-refractivity contribution is 6.06. The molecule has 0 bridgehead atoms. The Balaban J connectivity index is 1.61. The first-order chi connectivity index (χ1) is 15.1. The van der Waals surface area contributed by atoms with Gasteiger partial charge < -0.3 is 16.0 Å². The van der Waals surface area contributed by atoms with Crippen LogP contribution in [0.3, 0.4) is 0 Å². The van der Waals surface area contributed by atoms with E-state index in [4.69, 9.17) is 5.73 Å². The largest absolute Gasteiger partial charge is 0.366 e. The van der Waals surface area contributed by atoms with E-state index >= 15 is 0 Å². The zero-order chi connectivity index (χ0) is 21.4. The van der Waals surface area contributed by atoms with Gasteiger partial charge in [0.1, 0.15) is 6.04 Å². The van der Waals surface area contributed by atoms with Gasteiger partial charge in [-0.3, -0.25) is 9.59 Å². The Kier molecular flexibility index (Phi) is 4.64. The van der Waals surface area contributed by atoms with E-state index in [1.807, 2.05) is 48.5 Å². The summed E-state index contributed by atoms with van der Waals surface area (Å²) in [6.45, 7) is 0.542. The second-order valence-electron chi connectivity index (χ2n) is 7.71. The van der Waals surface area contributed by atoms with Crippen molar-refractivity contribution >= 4 is 34.0 Å². The van der Waals surface area contributed by atoms with Gasteiger partial charge in [0.2, 0.25) is 5.91 Å². The minimum Gasteiger partial charge on any atom is -0.366 e. The Morgan fingerprint density at radius 1 is 0.871 bits per heavy atom. The summed E-state index contributed by atoms with van der Waals surface area (Å²) in [7, 11) is 0. The molecule has 0 aliphatic carbocycles. The number of nitrogens with two attached hydrogens (primary N) is 1. The van der Waals surface area contributed by atoms with Gasteiger partial charge in [-0.2, -0.15) is 0 Å². The van der Waals surface area contributed by atoms with Crippen LogP contribution in [-0.4, -0.2) is 11.8 Å². The van der Waals surface area contributed by atoms with Gasteiger partial charge in [0.15, 0.2) is 0 Å². The number of nitrogens with one attached hydrogen (secondary N) is 1. The van der Waals surface area contributed by atoms with E-state index in [0.717, 1.165) is 22.2 Å². The molecular formula is C26H21N3O2. The van der Waals surface area contributed by atoms with E-state index in [2.05, 4.69) is 40.5 Å². The average Bonchev–Trinajstić information content (AvgIpc) is 2.79.